The maximum atomic E-state index is 12.0. The minimum atomic E-state index is 0.222. The van der Waals surface area contributed by atoms with Gasteiger partial charge < -0.3 is 0 Å². The lowest BCUT2D eigenvalue weighted by Crippen LogP contribution is -2.12. The van der Waals surface area contributed by atoms with Gasteiger partial charge in [0.1, 0.15) is 0 Å². The Balaban J connectivity index is 1.91. The van der Waals surface area contributed by atoms with Crippen molar-refractivity contribution in [3.63, 3.8) is 0 Å². The van der Waals surface area contributed by atoms with Crippen molar-refractivity contribution >= 4 is 27.3 Å². The Hall–Kier alpha value is -1.67. The number of carbonyl (C=O) groups is 1. The lowest BCUT2D eigenvalue weighted by molar-refractivity contribution is -0.115. The van der Waals surface area contributed by atoms with Crippen LogP contribution in [-0.4, -0.2) is 5.78 Å². The first kappa shape index (κ1) is 13.3. The standard InChI is InChI=1S/C18H15BrO/c19-17-8-4-7-14(10-17)16-9-15(11-18(20)12-16)13-5-2-1-3-6-13/h1-8,10-11,16H,9,12H2/t16-/m1/s1. The van der Waals surface area contributed by atoms with E-state index in [2.05, 4.69) is 40.2 Å². The quantitative estimate of drug-likeness (QED) is 0.760. The average Bonchev–Trinajstić information content (AvgIpc) is 2.47. The summed E-state index contributed by atoms with van der Waals surface area (Å²) in [7, 11) is 0. The van der Waals surface area contributed by atoms with Crippen LogP contribution in [0.15, 0.2) is 65.1 Å². The Bertz CT molecular complexity index is 658. The topological polar surface area (TPSA) is 17.1 Å². The van der Waals surface area contributed by atoms with Gasteiger partial charge in [-0.25, -0.2) is 0 Å². The van der Waals surface area contributed by atoms with Crippen molar-refractivity contribution in [2.45, 2.75) is 18.8 Å². The third-order valence-corrected chi connectivity index (χ3v) is 4.21. The van der Waals surface area contributed by atoms with Gasteiger partial charge >= 0.3 is 0 Å². The van der Waals surface area contributed by atoms with Crippen molar-refractivity contribution in [2.75, 3.05) is 0 Å². The molecular formula is C18H15BrO. The summed E-state index contributed by atoms with van der Waals surface area (Å²) >= 11 is 3.50. The second kappa shape index (κ2) is 5.76. The first-order chi connectivity index (χ1) is 9.72. The molecule has 0 radical (unpaired) electrons. The Morgan fingerprint density at radius 3 is 2.50 bits per heavy atom. The number of halogens is 1. The molecule has 3 rings (SSSR count). The molecule has 100 valence electrons. The number of hydrogen-bond donors (Lipinski definition) is 0. The van der Waals surface area contributed by atoms with Crippen molar-refractivity contribution in [2.24, 2.45) is 0 Å². The third kappa shape index (κ3) is 2.91. The number of benzene rings is 2. The van der Waals surface area contributed by atoms with Gasteiger partial charge in [-0.2, -0.15) is 0 Å². The van der Waals surface area contributed by atoms with E-state index in [-0.39, 0.29) is 11.7 Å². The van der Waals surface area contributed by atoms with Gasteiger partial charge in [-0.05, 0) is 47.2 Å². The molecule has 0 aliphatic heterocycles. The van der Waals surface area contributed by atoms with Crippen LogP contribution < -0.4 is 0 Å². The Morgan fingerprint density at radius 2 is 1.75 bits per heavy atom. The summed E-state index contributed by atoms with van der Waals surface area (Å²) in [6.07, 6.45) is 3.34. The zero-order valence-corrected chi connectivity index (χ0v) is 12.6. The summed E-state index contributed by atoms with van der Waals surface area (Å²) in [6.45, 7) is 0. The van der Waals surface area contributed by atoms with Gasteiger partial charge in [0.25, 0.3) is 0 Å². The molecule has 2 aromatic carbocycles. The van der Waals surface area contributed by atoms with Gasteiger partial charge in [0.05, 0.1) is 0 Å². The lowest BCUT2D eigenvalue weighted by Gasteiger charge is -2.23. The fourth-order valence-corrected chi connectivity index (χ4v) is 3.16. The maximum Gasteiger partial charge on any atom is 0.156 e. The predicted molar refractivity (Wildman–Crippen MR) is 85.5 cm³/mol. The van der Waals surface area contributed by atoms with Gasteiger partial charge in [0, 0.05) is 10.9 Å². The van der Waals surface area contributed by atoms with Crippen LogP contribution in [0.25, 0.3) is 5.57 Å². The Morgan fingerprint density at radius 1 is 0.950 bits per heavy atom. The third-order valence-electron chi connectivity index (χ3n) is 3.71. The van der Waals surface area contributed by atoms with E-state index in [1.165, 1.54) is 5.56 Å². The number of carbonyl (C=O) groups excluding carboxylic acids is 1. The summed E-state index contributed by atoms with van der Waals surface area (Å²) in [6, 6.07) is 18.5. The monoisotopic (exact) mass is 326 g/mol. The average molecular weight is 327 g/mol. The minimum Gasteiger partial charge on any atom is -0.295 e. The molecule has 1 aliphatic carbocycles. The molecule has 0 unspecified atom stereocenters. The molecule has 0 N–H and O–H groups in total. The van der Waals surface area contributed by atoms with E-state index in [9.17, 15) is 4.79 Å². The van der Waals surface area contributed by atoms with Crippen LogP contribution in [0.2, 0.25) is 0 Å². The largest absolute Gasteiger partial charge is 0.295 e. The molecule has 0 saturated heterocycles. The molecule has 20 heavy (non-hydrogen) atoms. The number of allylic oxidation sites excluding steroid dienone is 2. The van der Waals surface area contributed by atoms with E-state index in [1.54, 1.807) is 0 Å². The van der Waals surface area contributed by atoms with Crippen LogP contribution in [0.3, 0.4) is 0 Å². The molecule has 2 heteroatoms. The predicted octanol–water partition coefficient (Wildman–Crippen LogP) is 4.98. The fraction of sp³-hybridized carbons (Fsp3) is 0.167. The zero-order chi connectivity index (χ0) is 13.9. The number of rotatable bonds is 2. The Kier molecular flexibility index (Phi) is 3.83. The molecule has 0 fully saturated rings. The lowest BCUT2D eigenvalue weighted by atomic mass is 9.81. The van der Waals surface area contributed by atoms with Gasteiger partial charge in [0.15, 0.2) is 5.78 Å². The smallest absolute Gasteiger partial charge is 0.156 e. The van der Waals surface area contributed by atoms with Crippen molar-refractivity contribution in [1.82, 2.24) is 0 Å². The van der Waals surface area contributed by atoms with Gasteiger partial charge in [-0.15, -0.1) is 0 Å². The summed E-state index contributed by atoms with van der Waals surface area (Å²) in [5.41, 5.74) is 3.53. The molecule has 2 aromatic rings. The van der Waals surface area contributed by atoms with E-state index in [0.717, 1.165) is 22.0 Å². The molecule has 1 aliphatic rings. The zero-order valence-electron chi connectivity index (χ0n) is 11.1. The minimum absolute atomic E-state index is 0.222. The Labute approximate surface area is 127 Å². The summed E-state index contributed by atoms with van der Waals surface area (Å²) < 4.78 is 1.07. The van der Waals surface area contributed by atoms with Gasteiger partial charge in [-0.1, -0.05) is 58.4 Å². The first-order valence-corrected chi connectivity index (χ1v) is 7.56. The van der Waals surface area contributed by atoms with Crippen LogP contribution in [0.1, 0.15) is 29.9 Å². The van der Waals surface area contributed by atoms with E-state index >= 15 is 0 Å². The molecule has 0 bridgehead atoms. The molecule has 1 atom stereocenters. The number of ketones is 1. The molecule has 0 aromatic heterocycles. The van der Waals surface area contributed by atoms with Crippen molar-refractivity contribution in [1.29, 1.82) is 0 Å². The van der Waals surface area contributed by atoms with E-state index < -0.39 is 0 Å². The molecule has 0 amide bonds. The molecule has 0 saturated carbocycles. The second-order valence-electron chi connectivity index (χ2n) is 5.16. The maximum absolute atomic E-state index is 12.0. The van der Waals surface area contributed by atoms with Crippen molar-refractivity contribution in [3.8, 4) is 0 Å². The van der Waals surface area contributed by atoms with Crippen LogP contribution >= 0.6 is 15.9 Å². The molecule has 0 heterocycles. The summed E-state index contributed by atoms with van der Waals surface area (Å²) in [5.74, 6) is 0.500. The van der Waals surface area contributed by atoms with Gasteiger partial charge in [-0.3, -0.25) is 4.79 Å². The van der Waals surface area contributed by atoms with E-state index in [4.69, 9.17) is 0 Å². The fourth-order valence-electron chi connectivity index (χ4n) is 2.74. The highest BCUT2D eigenvalue weighted by molar-refractivity contribution is 9.10. The first-order valence-electron chi connectivity index (χ1n) is 6.76. The van der Waals surface area contributed by atoms with E-state index in [0.29, 0.717) is 6.42 Å². The SMILES string of the molecule is O=C1C=C(c2ccccc2)C[C@@H](c2cccc(Br)c2)C1. The highest BCUT2D eigenvalue weighted by atomic mass is 79.9. The summed E-state index contributed by atoms with van der Waals surface area (Å²) in [5, 5.41) is 0. The molecule has 0 spiro atoms. The van der Waals surface area contributed by atoms with Crippen LogP contribution in [0.5, 0.6) is 0 Å². The highest BCUT2D eigenvalue weighted by Crippen LogP contribution is 2.36. The normalized spacial score (nSPS) is 18.8. The molecular weight excluding hydrogens is 312 g/mol. The second-order valence-corrected chi connectivity index (χ2v) is 6.08. The number of hydrogen-bond acceptors (Lipinski definition) is 1. The van der Waals surface area contributed by atoms with Crippen LogP contribution in [0.4, 0.5) is 0 Å². The van der Waals surface area contributed by atoms with Gasteiger partial charge in [0.2, 0.25) is 0 Å². The highest BCUT2D eigenvalue weighted by Gasteiger charge is 2.22. The van der Waals surface area contributed by atoms with E-state index in [1.807, 2.05) is 36.4 Å². The van der Waals surface area contributed by atoms with Crippen LogP contribution in [-0.2, 0) is 4.79 Å². The van der Waals surface area contributed by atoms with Crippen LogP contribution in [0, 0.1) is 0 Å². The van der Waals surface area contributed by atoms with Crippen molar-refractivity contribution < 1.29 is 4.79 Å². The summed E-state index contributed by atoms with van der Waals surface area (Å²) in [4.78, 5) is 12.0. The van der Waals surface area contributed by atoms with Crippen molar-refractivity contribution in [3.05, 3.63) is 76.3 Å². The molecule has 1 nitrogen and oxygen atoms in total.